The first kappa shape index (κ1) is 8.28. The number of hydrogen-bond donors (Lipinski definition) is 0. The summed E-state index contributed by atoms with van der Waals surface area (Å²) in [6.45, 7) is 4.74. The molecule has 0 aromatic heterocycles. The summed E-state index contributed by atoms with van der Waals surface area (Å²) in [5.41, 5.74) is 0. The van der Waals surface area contributed by atoms with Crippen molar-refractivity contribution in [3.8, 4) is 0 Å². The highest BCUT2D eigenvalue weighted by molar-refractivity contribution is 4.76. The molecule has 0 aromatic carbocycles. The molecule has 0 bridgehead atoms. The maximum atomic E-state index is 5.05. The zero-order valence-electron chi connectivity index (χ0n) is 6.13. The van der Waals surface area contributed by atoms with Gasteiger partial charge in [0.05, 0.1) is 12.9 Å². The molecule has 0 amide bonds. The highest BCUT2D eigenvalue weighted by atomic mass is 16.5. The van der Waals surface area contributed by atoms with Crippen molar-refractivity contribution in [2.45, 2.75) is 20.3 Å². The van der Waals surface area contributed by atoms with Crippen LogP contribution >= 0.6 is 0 Å². The molecule has 0 saturated heterocycles. The molecular weight excluding hydrogens is 112 g/mol. The lowest BCUT2D eigenvalue weighted by molar-refractivity contribution is 0.255. The van der Waals surface area contributed by atoms with Crippen molar-refractivity contribution < 1.29 is 4.74 Å². The van der Waals surface area contributed by atoms with Gasteiger partial charge in [-0.2, -0.15) is 0 Å². The van der Waals surface area contributed by atoms with Crippen LogP contribution in [0.15, 0.2) is 24.5 Å². The van der Waals surface area contributed by atoms with Crippen LogP contribution in [0.1, 0.15) is 20.3 Å². The van der Waals surface area contributed by atoms with Crippen molar-refractivity contribution in [3.63, 3.8) is 0 Å². The van der Waals surface area contributed by atoms with Crippen molar-refractivity contribution in [2.24, 2.45) is 0 Å². The molecule has 0 unspecified atom stereocenters. The first-order valence-corrected chi connectivity index (χ1v) is 3.25. The van der Waals surface area contributed by atoms with Gasteiger partial charge in [0.15, 0.2) is 0 Å². The summed E-state index contributed by atoms with van der Waals surface area (Å²) in [7, 11) is 0. The summed E-state index contributed by atoms with van der Waals surface area (Å²) >= 11 is 0. The fourth-order valence-corrected chi connectivity index (χ4v) is 0.467. The SMILES string of the molecule is CC=CCCOC=CC. The van der Waals surface area contributed by atoms with Crippen LogP contribution < -0.4 is 0 Å². The van der Waals surface area contributed by atoms with E-state index in [0.717, 1.165) is 13.0 Å². The molecule has 0 spiro atoms. The van der Waals surface area contributed by atoms with E-state index in [9.17, 15) is 0 Å². The lowest BCUT2D eigenvalue weighted by Crippen LogP contribution is -1.82. The van der Waals surface area contributed by atoms with Crippen LogP contribution in [0.25, 0.3) is 0 Å². The quantitative estimate of drug-likeness (QED) is 0.319. The Morgan fingerprint density at radius 2 is 2.00 bits per heavy atom. The molecule has 0 aliphatic heterocycles. The van der Waals surface area contributed by atoms with Crippen molar-refractivity contribution in [2.75, 3.05) is 6.61 Å². The van der Waals surface area contributed by atoms with Gasteiger partial charge in [0.2, 0.25) is 0 Å². The van der Waals surface area contributed by atoms with Gasteiger partial charge >= 0.3 is 0 Å². The second kappa shape index (κ2) is 7.28. The molecule has 0 heterocycles. The smallest absolute Gasteiger partial charge is 0.0907 e. The fourth-order valence-electron chi connectivity index (χ4n) is 0.467. The zero-order chi connectivity index (χ0) is 6.95. The van der Waals surface area contributed by atoms with Crippen LogP contribution in [0.3, 0.4) is 0 Å². The molecule has 0 radical (unpaired) electrons. The van der Waals surface area contributed by atoms with Gasteiger partial charge in [-0.25, -0.2) is 0 Å². The Labute approximate surface area is 57.0 Å². The van der Waals surface area contributed by atoms with E-state index in [0.29, 0.717) is 0 Å². The molecule has 1 heteroatoms. The summed E-state index contributed by atoms with van der Waals surface area (Å²) in [5.74, 6) is 0. The summed E-state index contributed by atoms with van der Waals surface area (Å²) in [5, 5.41) is 0. The standard InChI is InChI=1S/C8H14O/c1-3-5-6-8-9-7-4-2/h3-5,7H,6,8H2,1-2H3. The minimum absolute atomic E-state index is 0.786. The van der Waals surface area contributed by atoms with E-state index < -0.39 is 0 Å². The fraction of sp³-hybridized carbons (Fsp3) is 0.500. The lowest BCUT2D eigenvalue weighted by atomic mass is 10.4. The minimum atomic E-state index is 0.786. The number of ether oxygens (including phenoxy) is 1. The van der Waals surface area contributed by atoms with Crippen LogP contribution in [0.4, 0.5) is 0 Å². The Bertz CT molecular complexity index is 80.7. The normalized spacial score (nSPS) is 11.3. The predicted molar refractivity (Wildman–Crippen MR) is 40.2 cm³/mol. The Morgan fingerprint density at radius 1 is 1.22 bits per heavy atom. The van der Waals surface area contributed by atoms with E-state index in [1.807, 2.05) is 26.0 Å². The van der Waals surface area contributed by atoms with E-state index >= 15 is 0 Å². The molecule has 0 saturated carbocycles. The molecule has 0 aromatic rings. The molecular formula is C8H14O. The predicted octanol–water partition coefficient (Wildman–Crippen LogP) is 2.50. The Kier molecular flexibility index (Phi) is 6.70. The van der Waals surface area contributed by atoms with Crippen LogP contribution in [-0.4, -0.2) is 6.61 Å². The topological polar surface area (TPSA) is 9.23 Å². The average Bonchev–Trinajstić information content (AvgIpc) is 1.89. The van der Waals surface area contributed by atoms with Crippen LogP contribution in [0, 0.1) is 0 Å². The number of allylic oxidation sites excluding steroid dienone is 2. The van der Waals surface area contributed by atoms with Crippen LogP contribution in [-0.2, 0) is 4.74 Å². The average molecular weight is 126 g/mol. The van der Waals surface area contributed by atoms with Crippen molar-refractivity contribution in [1.82, 2.24) is 0 Å². The van der Waals surface area contributed by atoms with E-state index in [-0.39, 0.29) is 0 Å². The third-order valence-corrected chi connectivity index (χ3v) is 0.870. The lowest BCUT2D eigenvalue weighted by Gasteiger charge is -1.93. The van der Waals surface area contributed by atoms with Gasteiger partial charge in [-0.1, -0.05) is 18.2 Å². The van der Waals surface area contributed by atoms with Gasteiger partial charge in [-0.15, -0.1) is 0 Å². The maximum absolute atomic E-state index is 5.05. The first-order chi connectivity index (χ1) is 4.41. The highest BCUT2D eigenvalue weighted by Gasteiger charge is 1.74. The van der Waals surface area contributed by atoms with Gasteiger partial charge in [-0.3, -0.25) is 0 Å². The molecule has 0 aliphatic carbocycles. The summed E-state index contributed by atoms with van der Waals surface area (Å²) in [4.78, 5) is 0. The van der Waals surface area contributed by atoms with Gasteiger partial charge in [0.1, 0.15) is 0 Å². The second-order valence-electron chi connectivity index (χ2n) is 1.70. The third kappa shape index (κ3) is 7.28. The Balaban J connectivity index is 2.91. The Morgan fingerprint density at radius 3 is 2.56 bits per heavy atom. The monoisotopic (exact) mass is 126 g/mol. The summed E-state index contributed by atoms with van der Waals surface area (Å²) in [6, 6.07) is 0. The minimum Gasteiger partial charge on any atom is -0.501 e. The van der Waals surface area contributed by atoms with E-state index in [1.54, 1.807) is 6.26 Å². The molecule has 0 atom stereocenters. The molecule has 0 aliphatic rings. The van der Waals surface area contributed by atoms with Gasteiger partial charge in [-0.05, 0) is 20.3 Å². The molecule has 9 heavy (non-hydrogen) atoms. The maximum Gasteiger partial charge on any atom is 0.0907 e. The van der Waals surface area contributed by atoms with E-state index in [4.69, 9.17) is 4.74 Å². The zero-order valence-corrected chi connectivity index (χ0v) is 6.13. The number of rotatable bonds is 4. The largest absolute Gasteiger partial charge is 0.501 e. The second-order valence-corrected chi connectivity index (χ2v) is 1.70. The molecule has 52 valence electrons. The first-order valence-electron chi connectivity index (χ1n) is 3.25. The van der Waals surface area contributed by atoms with Gasteiger partial charge in [0, 0.05) is 0 Å². The Hall–Kier alpha value is -0.720. The van der Waals surface area contributed by atoms with Crippen LogP contribution in [0.5, 0.6) is 0 Å². The summed E-state index contributed by atoms with van der Waals surface area (Å²) in [6.07, 6.45) is 8.71. The molecule has 0 N–H and O–H groups in total. The molecule has 0 rings (SSSR count). The van der Waals surface area contributed by atoms with Crippen molar-refractivity contribution in [1.29, 1.82) is 0 Å². The molecule has 1 nitrogen and oxygen atoms in total. The highest BCUT2D eigenvalue weighted by Crippen LogP contribution is 1.85. The van der Waals surface area contributed by atoms with Crippen molar-refractivity contribution >= 4 is 0 Å². The van der Waals surface area contributed by atoms with Crippen LogP contribution in [0.2, 0.25) is 0 Å². The van der Waals surface area contributed by atoms with E-state index in [2.05, 4.69) is 6.08 Å². The summed E-state index contributed by atoms with van der Waals surface area (Å²) < 4.78 is 5.05. The number of hydrogen-bond acceptors (Lipinski definition) is 1. The van der Waals surface area contributed by atoms with Crippen molar-refractivity contribution in [3.05, 3.63) is 24.5 Å². The third-order valence-electron chi connectivity index (χ3n) is 0.870. The van der Waals surface area contributed by atoms with E-state index in [1.165, 1.54) is 0 Å². The van der Waals surface area contributed by atoms with Gasteiger partial charge < -0.3 is 4.74 Å². The van der Waals surface area contributed by atoms with Gasteiger partial charge in [0.25, 0.3) is 0 Å². The molecule has 0 fully saturated rings.